The summed E-state index contributed by atoms with van der Waals surface area (Å²) in [7, 11) is 0. The lowest BCUT2D eigenvalue weighted by molar-refractivity contribution is -0.155. The van der Waals surface area contributed by atoms with E-state index in [4.69, 9.17) is 38.9 Å². The van der Waals surface area contributed by atoms with E-state index in [1.807, 2.05) is 20.8 Å². The quantitative estimate of drug-likeness (QED) is 0.149. The second-order valence-electron chi connectivity index (χ2n) is 9.90. The minimum Gasteiger partial charge on any atom is -0.458 e. The molecule has 0 aliphatic rings. The fourth-order valence-corrected chi connectivity index (χ4v) is 3.18. The van der Waals surface area contributed by atoms with Crippen molar-refractivity contribution in [3.63, 3.8) is 0 Å². The Labute approximate surface area is 242 Å². The number of rotatable bonds is 15. The lowest BCUT2D eigenvalue weighted by Gasteiger charge is -2.23. The molecule has 6 atom stereocenters. The van der Waals surface area contributed by atoms with Crippen molar-refractivity contribution in [2.45, 2.75) is 124 Å². The fourth-order valence-electron chi connectivity index (χ4n) is 3.18. The van der Waals surface area contributed by atoms with E-state index in [1.165, 1.54) is 12.1 Å². The molecular formula is C29H45NO11. The Balaban J connectivity index is 2.91. The van der Waals surface area contributed by atoms with Crippen molar-refractivity contribution in [1.29, 1.82) is 0 Å². The summed E-state index contributed by atoms with van der Waals surface area (Å²) >= 11 is 0. The molecule has 1 rings (SSSR count). The molecule has 0 saturated heterocycles. The third-order valence-electron chi connectivity index (χ3n) is 6.14. The molecule has 41 heavy (non-hydrogen) atoms. The zero-order valence-corrected chi connectivity index (χ0v) is 25.3. The van der Waals surface area contributed by atoms with Gasteiger partial charge in [0, 0.05) is 0 Å². The second-order valence-corrected chi connectivity index (χ2v) is 9.90. The highest BCUT2D eigenvalue weighted by Crippen LogP contribution is 2.30. The van der Waals surface area contributed by atoms with Gasteiger partial charge >= 0.3 is 24.4 Å². The first-order chi connectivity index (χ1) is 19.3. The van der Waals surface area contributed by atoms with Crippen molar-refractivity contribution >= 4 is 24.4 Å². The predicted molar refractivity (Wildman–Crippen MR) is 149 cm³/mol. The minimum atomic E-state index is -1.11. The van der Waals surface area contributed by atoms with Gasteiger partial charge in [0.05, 0.1) is 0 Å². The van der Waals surface area contributed by atoms with E-state index < -0.39 is 48.8 Å². The molecule has 3 unspecified atom stereocenters. The molecule has 232 valence electrons. The number of carbonyl (C=O) groups is 4. The van der Waals surface area contributed by atoms with Gasteiger partial charge in [0.2, 0.25) is 0 Å². The van der Waals surface area contributed by atoms with Crippen molar-refractivity contribution in [2.24, 2.45) is 5.73 Å². The molecule has 0 aliphatic heterocycles. The normalized spacial score (nSPS) is 15.2. The van der Waals surface area contributed by atoms with Crippen LogP contribution in [0.2, 0.25) is 0 Å². The monoisotopic (exact) mass is 583 g/mol. The molecular weight excluding hydrogens is 538 g/mol. The highest BCUT2D eigenvalue weighted by atomic mass is 16.8. The van der Waals surface area contributed by atoms with E-state index in [9.17, 15) is 19.2 Å². The molecule has 0 bridgehead atoms. The molecule has 0 fully saturated rings. The lowest BCUT2D eigenvalue weighted by Crippen LogP contribution is -2.39. The Kier molecular flexibility index (Phi) is 15.6. The van der Waals surface area contributed by atoms with Crippen LogP contribution in [0.5, 0.6) is 11.5 Å². The van der Waals surface area contributed by atoms with Gasteiger partial charge in [-0.3, -0.25) is 4.79 Å². The van der Waals surface area contributed by atoms with Crippen LogP contribution in [0.15, 0.2) is 18.2 Å². The molecule has 12 nitrogen and oxygen atoms in total. The average molecular weight is 584 g/mol. The van der Waals surface area contributed by atoms with Gasteiger partial charge in [0.1, 0.15) is 36.6 Å². The first kappa shape index (κ1) is 35.5. The zero-order valence-electron chi connectivity index (χ0n) is 25.3. The Bertz CT molecular complexity index is 999. The number of carbonyl (C=O) groups excluding carboxylic acids is 4. The maximum absolute atomic E-state index is 12.7. The van der Waals surface area contributed by atoms with Crippen LogP contribution in [0.3, 0.4) is 0 Å². The van der Waals surface area contributed by atoms with Crippen LogP contribution in [0, 0.1) is 0 Å². The summed E-state index contributed by atoms with van der Waals surface area (Å²) < 4.78 is 36.6. The first-order valence-corrected chi connectivity index (χ1v) is 14.0. The minimum absolute atomic E-state index is 0.00820. The van der Waals surface area contributed by atoms with Crippen LogP contribution in [0.1, 0.15) is 86.6 Å². The number of hydrogen-bond donors (Lipinski definition) is 1. The molecule has 0 heterocycles. The Morgan fingerprint density at radius 3 is 1.73 bits per heavy atom. The molecule has 0 aromatic heterocycles. The summed E-state index contributed by atoms with van der Waals surface area (Å²) in [6, 6.07) is 3.23. The van der Waals surface area contributed by atoms with E-state index in [0.29, 0.717) is 24.8 Å². The van der Waals surface area contributed by atoms with Crippen LogP contribution in [-0.2, 0) is 34.9 Å². The van der Waals surface area contributed by atoms with Crippen molar-refractivity contribution in [2.75, 3.05) is 0 Å². The Hall–Kier alpha value is -3.54. The fraction of sp³-hybridized carbons (Fsp3) is 0.655. The number of nitrogens with two attached hydrogens (primary N) is 1. The second kappa shape index (κ2) is 18.0. The number of hydrogen-bond acceptors (Lipinski definition) is 12. The van der Waals surface area contributed by atoms with Crippen molar-refractivity contribution < 1.29 is 52.3 Å². The van der Waals surface area contributed by atoms with Gasteiger partial charge in [-0.2, -0.15) is 0 Å². The summed E-state index contributed by atoms with van der Waals surface area (Å²) in [6.45, 7) is 14.0. The SMILES string of the molecule is CCCC(C)OC(=O)O[C@@H](C)[C@H](C)OC(=O)[C@@H](N)Cc1ccc(OC(=O)OC(C)CC)c(OC(=O)OC(C)CC)c1. The highest BCUT2D eigenvalue weighted by Gasteiger charge is 2.26. The van der Waals surface area contributed by atoms with Crippen LogP contribution in [0.4, 0.5) is 14.4 Å². The highest BCUT2D eigenvalue weighted by molar-refractivity contribution is 5.76. The standard InChI is InChI=1S/C29H45NO11/c1-9-12-19(6)37-27(32)39-21(8)20(7)38-26(31)23(30)15-22-13-14-24(40-28(33)35-17(4)10-2)25(16-22)41-29(34)36-18(5)11-3/h13-14,16-21,23H,9-12,15,30H2,1-8H3/t17?,18?,19?,20-,21-,23-/m0/s1. The van der Waals surface area contributed by atoms with Crippen molar-refractivity contribution in [3.8, 4) is 11.5 Å². The zero-order chi connectivity index (χ0) is 31.1. The number of esters is 1. The Morgan fingerprint density at radius 2 is 1.20 bits per heavy atom. The molecule has 0 spiro atoms. The maximum Gasteiger partial charge on any atom is 0.514 e. The summed E-state index contributed by atoms with van der Waals surface area (Å²) in [6.07, 6.45) is -2.77. The van der Waals surface area contributed by atoms with Gasteiger partial charge in [-0.25, -0.2) is 14.4 Å². The van der Waals surface area contributed by atoms with E-state index in [2.05, 4.69) is 0 Å². The van der Waals surface area contributed by atoms with Crippen molar-refractivity contribution in [1.82, 2.24) is 0 Å². The van der Waals surface area contributed by atoms with E-state index >= 15 is 0 Å². The van der Waals surface area contributed by atoms with Gasteiger partial charge in [-0.1, -0.05) is 33.3 Å². The van der Waals surface area contributed by atoms with Gasteiger partial charge in [0.15, 0.2) is 11.5 Å². The average Bonchev–Trinajstić information content (AvgIpc) is 2.89. The van der Waals surface area contributed by atoms with Crippen molar-refractivity contribution in [3.05, 3.63) is 23.8 Å². The molecule has 12 heteroatoms. The van der Waals surface area contributed by atoms with Gasteiger partial charge < -0.3 is 38.9 Å². The summed E-state index contributed by atoms with van der Waals surface area (Å²) in [4.78, 5) is 49.1. The molecule has 0 saturated carbocycles. The largest absolute Gasteiger partial charge is 0.514 e. The molecule has 0 radical (unpaired) electrons. The molecule has 1 aromatic carbocycles. The number of ether oxygens (including phenoxy) is 7. The first-order valence-electron chi connectivity index (χ1n) is 14.0. The third-order valence-corrected chi connectivity index (χ3v) is 6.14. The predicted octanol–water partition coefficient (Wildman–Crippen LogP) is 5.85. The molecule has 0 aliphatic carbocycles. The maximum atomic E-state index is 12.7. The summed E-state index contributed by atoms with van der Waals surface area (Å²) in [5.41, 5.74) is 6.56. The Morgan fingerprint density at radius 1 is 0.683 bits per heavy atom. The van der Waals surface area contributed by atoms with E-state index in [-0.39, 0.29) is 30.1 Å². The van der Waals surface area contributed by atoms with Crippen LogP contribution >= 0.6 is 0 Å². The summed E-state index contributed by atoms with van der Waals surface area (Å²) in [5, 5.41) is 0. The van der Waals surface area contributed by atoms with Gasteiger partial charge in [-0.15, -0.1) is 0 Å². The van der Waals surface area contributed by atoms with Crippen LogP contribution < -0.4 is 15.2 Å². The van der Waals surface area contributed by atoms with Gasteiger partial charge in [-0.05, 0) is 78.0 Å². The lowest BCUT2D eigenvalue weighted by atomic mass is 10.1. The van der Waals surface area contributed by atoms with E-state index in [0.717, 1.165) is 6.42 Å². The van der Waals surface area contributed by atoms with Crippen LogP contribution in [-0.4, -0.2) is 61.0 Å². The van der Waals surface area contributed by atoms with Crippen LogP contribution in [0.25, 0.3) is 0 Å². The smallest absolute Gasteiger partial charge is 0.458 e. The molecule has 1 aromatic rings. The van der Waals surface area contributed by atoms with Gasteiger partial charge in [0.25, 0.3) is 0 Å². The summed E-state index contributed by atoms with van der Waals surface area (Å²) in [5.74, 6) is -0.945. The van der Waals surface area contributed by atoms with E-state index in [1.54, 1.807) is 40.7 Å². The topological polar surface area (TPSA) is 159 Å². The molecule has 0 amide bonds. The third kappa shape index (κ3) is 13.6. The number of benzene rings is 1. The molecule has 2 N–H and O–H groups in total.